The lowest BCUT2D eigenvalue weighted by Crippen LogP contribution is -2.28. The molecular formula is C22H24ClFN4O2. The van der Waals surface area contributed by atoms with Gasteiger partial charge in [0.2, 0.25) is 5.91 Å². The van der Waals surface area contributed by atoms with Crippen molar-refractivity contribution < 1.29 is 13.9 Å². The zero-order valence-corrected chi connectivity index (χ0v) is 17.4. The molecule has 8 heteroatoms. The molecule has 0 unspecified atom stereocenters. The summed E-state index contributed by atoms with van der Waals surface area (Å²) in [6.07, 6.45) is 3.78. The van der Waals surface area contributed by atoms with E-state index in [-0.39, 0.29) is 36.0 Å². The summed E-state index contributed by atoms with van der Waals surface area (Å²) in [5, 5.41) is 10.5. The standard InChI is InChI=1S/C22H23FN4O2.ClH/c1-27-13-16(10-25-27)20-11-24-12-21(20)22(28)26-18-3-2-4-19(9-18)29-14-15-5-7-17(23)8-6-15;/h2-10,13,20-21,24H,11-12,14H2,1H3,(H,26,28);1H/t20-,21+;/m1./s1. The van der Waals surface area contributed by atoms with E-state index in [4.69, 9.17) is 4.74 Å². The van der Waals surface area contributed by atoms with E-state index in [0.29, 0.717) is 24.6 Å². The van der Waals surface area contributed by atoms with Gasteiger partial charge in [0.05, 0.1) is 12.1 Å². The van der Waals surface area contributed by atoms with Gasteiger partial charge in [0, 0.05) is 44.0 Å². The first-order chi connectivity index (χ1) is 14.1. The van der Waals surface area contributed by atoms with Crippen LogP contribution in [0.5, 0.6) is 5.75 Å². The quantitative estimate of drug-likeness (QED) is 0.628. The number of nitrogens with one attached hydrogen (secondary N) is 2. The lowest BCUT2D eigenvalue weighted by Gasteiger charge is -2.17. The number of rotatable bonds is 6. The van der Waals surface area contributed by atoms with E-state index in [0.717, 1.165) is 17.7 Å². The first kappa shape index (κ1) is 21.8. The summed E-state index contributed by atoms with van der Waals surface area (Å²) in [6, 6.07) is 13.5. The number of amides is 1. The third kappa shape index (κ3) is 5.17. The van der Waals surface area contributed by atoms with E-state index in [9.17, 15) is 9.18 Å². The smallest absolute Gasteiger partial charge is 0.229 e. The Morgan fingerprint density at radius 1 is 1.27 bits per heavy atom. The summed E-state index contributed by atoms with van der Waals surface area (Å²) in [5.74, 6) is 0.272. The molecule has 0 radical (unpaired) electrons. The maximum atomic E-state index is 13.0. The van der Waals surface area contributed by atoms with Gasteiger partial charge in [-0.3, -0.25) is 9.48 Å². The molecule has 1 aliphatic heterocycles. The van der Waals surface area contributed by atoms with E-state index in [1.807, 2.05) is 37.6 Å². The van der Waals surface area contributed by atoms with Crippen LogP contribution in [-0.4, -0.2) is 28.8 Å². The van der Waals surface area contributed by atoms with Crippen molar-refractivity contribution in [3.8, 4) is 5.75 Å². The third-order valence-electron chi connectivity index (χ3n) is 5.12. The van der Waals surface area contributed by atoms with Crippen LogP contribution in [0.15, 0.2) is 60.9 Å². The number of hydrogen-bond acceptors (Lipinski definition) is 4. The highest BCUT2D eigenvalue weighted by Crippen LogP contribution is 2.29. The van der Waals surface area contributed by atoms with Crippen LogP contribution in [0.1, 0.15) is 17.0 Å². The third-order valence-corrected chi connectivity index (χ3v) is 5.12. The predicted molar refractivity (Wildman–Crippen MR) is 115 cm³/mol. The molecule has 1 saturated heterocycles. The highest BCUT2D eigenvalue weighted by atomic mass is 35.5. The average molecular weight is 431 g/mol. The Bertz CT molecular complexity index is 993. The number of nitrogens with zero attached hydrogens (tertiary/aromatic N) is 2. The number of carbonyl (C=O) groups excluding carboxylic acids is 1. The minimum atomic E-state index is -0.274. The van der Waals surface area contributed by atoms with Crippen molar-refractivity contribution in [2.24, 2.45) is 13.0 Å². The lowest BCUT2D eigenvalue weighted by atomic mass is 9.90. The Morgan fingerprint density at radius 3 is 2.80 bits per heavy atom. The second-order valence-electron chi connectivity index (χ2n) is 7.25. The van der Waals surface area contributed by atoms with E-state index >= 15 is 0 Å². The van der Waals surface area contributed by atoms with Gasteiger partial charge in [0.15, 0.2) is 0 Å². The van der Waals surface area contributed by atoms with E-state index in [1.54, 1.807) is 22.9 Å². The minimum absolute atomic E-state index is 0. The van der Waals surface area contributed by atoms with Crippen molar-refractivity contribution in [1.29, 1.82) is 0 Å². The molecule has 2 N–H and O–H groups in total. The maximum Gasteiger partial charge on any atom is 0.229 e. The lowest BCUT2D eigenvalue weighted by molar-refractivity contribution is -0.119. The maximum absolute atomic E-state index is 13.0. The molecule has 6 nitrogen and oxygen atoms in total. The summed E-state index contributed by atoms with van der Waals surface area (Å²) in [7, 11) is 1.87. The molecule has 0 aliphatic carbocycles. The molecule has 1 fully saturated rings. The van der Waals surface area contributed by atoms with Gasteiger partial charge in [-0.1, -0.05) is 18.2 Å². The van der Waals surface area contributed by atoms with Gasteiger partial charge in [0.1, 0.15) is 18.2 Å². The normalized spacial score (nSPS) is 17.9. The Balaban J connectivity index is 0.00000256. The Morgan fingerprint density at radius 2 is 2.07 bits per heavy atom. The number of ether oxygens (including phenoxy) is 1. The number of halogens is 2. The van der Waals surface area contributed by atoms with Crippen LogP contribution in [-0.2, 0) is 18.4 Å². The molecule has 1 aliphatic rings. The predicted octanol–water partition coefficient (Wildman–Crippen LogP) is 3.50. The zero-order chi connectivity index (χ0) is 20.2. The van der Waals surface area contributed by atoms with E-state index < -0.39 is 0 Å². The first-order valence-corrected chi connectivity index (χ1v) is 9.56. The Labute approximate surface area is 180 Å². The van der Waals surface area contributed by atoms with Crippen molar-refractivity contribution in [1.82, 2.24) is 15.1 Å². The summed E-state index contributed by atoms with van der Waals surface area (Å²) in [5.41, 5.74) is 2.62. The van der Waals surface area contributed by atoms with Crippen molar-refractivity contribution in [3.05, 3.63) is 77.9 Å². The highest BCUT2D eigenvalue weighted by molar-refractivity contribution is 5.93. The van der Waals surface area contributed by atoms with Crippen molar-refractivity contribution in [2.45, 2.75) is 12.5 Å². The molecule has 2 atom stereocenters. The van der Waals surface area contributed by atoms with Gasteiger partial charge >= 0.3 is 0 Å². The Hall–Kier alpha value is -2.90. The van der Waals surface area contributed by atoms with Crippen LogP contribution < -0.4 is 15.4 Å². The van der Waals surface area contributed by atoms with Crippen LogP contribution in [0.4, 0.5) is 10.1 Å². The van der Waals surface area contributed by atoms with Crippen molar-refractivity contribution in [2.75, 3.05) is 18.4 Å². The van der Waals surface area contributed by atoms with Crippen LogP contribution >= 0.6 is 12.4 Å². The van der Waals surface area contributed by atoms with Crippen molar-refractivity contribution in [3.63, 3.8) is 0 Å². The molecule has 2 aromatic carbocycles. The molecule has 30 heavy (non-hydrogen) atoms. The van der Waals surface area contributed by atoms with Crippen LogP contribution in [0, 0.1) is 11.7 Å². The van der Waals surface area contributed by atoms with Crippen LogP contribution in [0.3, 0.4) is 0 Å². The molecule has 0 spiro atoms. The minimum Gasteiger partial charge on any atom is -0.489 e. The van der Waals surface area contributed by atoms with E-state index in [1.165, 1.54) is 12.1 Å². The number of hydrogen-bond donors (Lipinski definition) is 2. The molecule has 4 rings (SSSR count). The molecule has 158 valence electrons. The fraction of sp³-hybridized carbons (Fsp3) is 0.273. The summed E-state index contributed by atoms with van der Waals surface area (Å²) < 4.78 is 20.5. The topological polar surface area (TPSA) is 68.2 Å². The van der Waals surface area contributed by atoms with Gasteiger partial charge in [-0.2, -0.15) is 5.10 Å². The molecule has 3 aromatic rings. The second kappa shape index (κ2) is 9.73. The van der Waals surface area contributed by atoms with Gasteiger partial charge in [-0.05, 0) is 35.4 Å². The number of aryl methyl sites for hydroxylation is 1. The molecule has 2 heterocycles. The number of carbonyl (C=O) groups is 1. The number of aromatic nitrogens is 2. The summed E-state index contributed by atoms with van der Waals surface area (Å²) in [6.45, 7) is 1.71. The van der Waals surface area contributed by atoms with Gasteiger partial charge in [-0.15, -0.1) is 12.4 Å². The molecule has 0 saturated carbocycles. The fourth-order valence-electron chi connectivity index (χ4n) is 3.58. The number of anilines is 1. The van der Waals surface area contributed by atoms with Gasteiger partial charge in [-0.25, -0.2) is 4.39 Å². The van der Waals surface area contributed by atoms with Gasteiger partial charge in [0.25, 0.3) is 0 Å². The number of benzene rings is 2. The SMILES string of the molecule is Cl.Cn1cc([C@H]2CNC[C@@H]2C(=O)Nc2cccc(OCc3ccc(F)cc3)c2)cn1. The first-order valence-electron chi connectivity index (χ1n) is 9.56. The van der Waals surface area contributed by atoms with Crippen molar-refractivity contribution >= 4 is 24.0 Å². The van der Waals surface area contributed by atoms with Gasteiger partial charge < -0.3 is 15.4 Å². The van der Waals surface area contributed by atoms with E-state index in [2.05, 4.69) is 15.7 Å². The monoisotopic (exact) mass is 430 g/mol. The zero-order valence-electron chi connectivity index (χ0n) is 16.5. The fourth-order valence-corrected chi connectivity index (χ4v) is 3.58. The second-order valence-corrected chi connectivity index (χ2v) is 7.25. The highest BCUT2D eigenvalue weighted by Gasteiger charge is 2.34. The van der Waals surface area contributed by atoms with Crippen LogP contribution in [0.2, 0.25) is 0 Å². The summed E-state index contributed by atoms with van der Waals surface area (Å²) >= 11 is 0. The molecular weight excluding hydrogens is 407 g/mol. The average Bonchev–Trinajstić information content (AvgIpc) is 3.37. The Kier molecular flexibility index (Phi) is 7.07. The molecule has 0 bridgehead atoms. The summed E-state index contributed by atoms with van der Waals surface area (Å²) in [4.78, 5) is 12.9. The largest absolute Gasteiger partial charge is 0.489 e. The molecule has 1 aromatic heterocycles. The molecule has 1 amide bonds. The van der Waals surface area contributed by atoms with Crippen LogP contribution in [0.25, 0.3) is 0 Å².